The van der Waals surface area contributed by atoms with Crippen LogP contribution in [0.4, 0.5) is 0 Å². The van der Waals surface area contributed by atoms with Crippen LogP contribution in [0.2, 0.25) is 0 Å². The van der Waals surface area contributed by atoms with E-state index in [1.165, 1.54) is 5.56 Å². The normalized spacial score (nSPS) is 13.9. The van der Waals surface area contributed by atoms with Crippen molar-refractivity contribution in [2.45, 2.75) is 19.3 Å². The Hall–Kier alpha value is -1.22. The van der Waals surface area contributed by atoms with Gasteiger partial charge in [0.15, 0.2) is 11.5 Å². The Morgan fingerprint density at radius 2 is 1.87 bits per heavy atom. The third-order valence-electron chi connectivity index (χ3n) is 2.48. The summed E-state index contributed by atoms with van der Waals surface area (Å²) in [5.74, 6) is 1.69. The van der Waals surface area contributed by atoms with Gasteiger partial charge in [-0.25, -0.2) is 0 Å². The molecule has 0 aliphatic carbocycles. The molecule has 0 bridgehead atoms. The maximum Gasteiger partial charge on any atom is 0.161 e. The van der Waals surface area contributed by atoms with Crippen molar-refractivity contribution in [3.8, 4) is 11.5 Å². The van der Waals surface area contributed by atoms with Crippen molar-refractivity contribution in [2.75, 3.05) is 19.8 Å². The molecule has 0 unspecified atom stereocenters. The minimum Gasteiger partial charge on any atom is -0.486 e. The number of hydrogen-bond acceptors (Lipinski definition) is 3. The van der Waals surface area contributed by atoms with E-state index in [1.54, 1.807) is 0 Å². The van der Waals surface area contributed by atoms with E-state index in [0.29, 0.717) is 13.2 Å². The molecule has 0 spiro atoms. The molecule has 15 heavy (non-hydrogen) atoms. The van der Waals surface area contributed by atoms with Gasteiger partial charge in [0, 0.05) is 6.61 Å². The van der Waals surface area contributed by atoms with Crippen LogP contribution in [0.1, 0.15) is 18.4 Å². The molecule has 1 aromatic rings. The molecular formula is C12H16O3. The summed E-state index contributed by atoms with van der Waals surface area (Å²) in [6.45, 7) is 1.54. The number of fused-ring (bicyclic) bond motifs is 1. The summed E-state index contributed by atoms with van der Waals surface area (Å²) in [6.07, 6.45) is 2.85. The van der Waals surface area contributed by atoms with Gasteiger partial charge < -0.3 is 14.6 Å². The van der Waals surface area contributed by atoms with Gasteiger partial charge in [-0.15, -0.1) is 0 Å². The van der Waals surface area contributed by atoms with E-state index in [2.05, 4.69) is 6.07 Å². The van der Waals surface area contributed by atoms with Crippen molar-refractivity contribution >= 4 is 0 Å². The third kappa shape index (κ3) is 2.63. The molecule has 0 fully saturated rings. The quantitative estimate of drug-likeness (QED) is 0.766. The first-order valence-electron chi connectivity index (χ1n) is 5.39. The third-order valence-corrected chi connectivity index (χ3v) is 2.48. The Bertz CT molecular complexity index is 323. The Balaban J connectivity index is 2.00. The predicted octanol–water partition coefficient (Wildman–Crippen LogP) is 1.77. The molecule has 1 aliphatic rings. The standard InChI is InChI=1S/C12H16O3/c13-6-2-1-3-10-4-5-11-12(9-10)15-8-7-14-11/h4-5,9,13H,1-3,6-8H2. The number of rotatable bonds is 4. The van der Waals surface area contributed by atoms with Crippen LogP contribution in [0.25, 0.3) is 0 Å². The molecule has 82 valence electrons. The molecule has 0 saturated carbocycles. The average Bonchev–Trinajstić information content (AvgIpc) is 2.29. The molecule has 3 nitrogen and oxygen atoms in total. The lowest BCUT2D eigenvalue weighted by molar-refractivity contribution is 0.171. The van der Waals surface area contributed by atoms with Gasteiger partial charge in [0.1, 0.15) is 13.2 Å². The second-order valence-electron chi connectivity index (χ2n) is 3.66. The smallest absolute Gasteiger partial charge is 0.161 e. The van der Waals surface area contributed by atoms with E-state index < -0.39 is 0 Å². The van der Waals surface area contributed by atoms with Crippen LogP contribution >= 0.6 is 0 Å². The maximum absolute atomic E-state index is 8.69. The average molecular weight is 208 g/mol. The fourth-order valence-electron chi connectivity index (χ4n) is 1.68. The van der Waals surface area contributed by atoms with E-state index in [1.807, 2.05) is 12.1 Å². The largest absolute Gasteiger partial charge is 0.486 e. The SMILES string of the molecule is OCCCCc1ccc2c(c1)OCCO2. The first-order valence-corrected chi connectivity index (χ1v) is 5.39. The minimum atomic E-state index is 0.268. The zero-order valence-corrected chi connectivity index (χ0v) is 8.74. The molecule has 0 atom stereocenters. The number of benzene rings is 1. The summed E-state index contributed by atoms with van der Waals surface area (Å²) in [5.41, 5.74) is 1.24. The molecule has 0 amide bonds. The Kier molecular flexibility index (Phi) is 3.45. The van der Waals surface area contributed by atoms with Crippen molar-refractivity contribution < 1.29 is 14.6 Å². The highest BCUT2D eigenvalue weighted by Crippen LogP contribution is 2.31. The lowest BCUT2D eigenvalue weighted by Gasteiger charge is -2.18. The van der Waals surface area contributed by atoms with Gasteiger partial charge in [-0.2, -0.15) is 0 Å². The molecule has 0 saturated heterocycles. The van der Waals surface area contributed by atoms with E-state index in [-0.39, 0.29) is 6.61 Å². The highest BCUT2D eigenvalue weighted by atomic mass is 16.6. The molecule has 0 aromatic heterocycles. The van der Waals surface area contributed by atoms with Crippen LogP contribution in [-0.4, -0.2) is 24.9 Å². The second-order valence-corrected chi connectivity index (χ2v) is 3.66. The van der Waals surface area contributed by atoms with Crippen molar-refractivity contribution in [1.82, 2.24) is 0 Å². The van der Waals surface area contributed by atoms with E-state index in [0.717, 1.165) is 30.8 Å². The summed E-state index contributed by atoms with van der Waals surface area (Å²) < 4.78 is 10.9. The topological polar surface area (TPSA) is 38.7 Å². The number of unbranched alkanes of at least 4 members (excludes halogenated alkanes) is 1. The molecule has 1 heterocycles. The van der Waals surface area contributed by atoms with Crippen LogP contribution in [0, 0.1) is 0 Å². The lowest BCUT2D eigenvalue weighted by Crippen LogP contribution is -2.15. The molecule has 1 aromatic carbocycles. The van der Waals surface area contributed by atoms with Crippen LogP contribution in [0.5, 0.6) is 11.5 Å². The zero-order valence-electron chi connectivity index (χ0n) is 8.74. The number of hydrogen-bond donors (Lipinski definition) is 1. The van der Waals surface area contributed by atoms with Crippen LogP contribution in [0.3, 0.4) is 0 Å². The monoisotopic (exact) mass is 208 g/mol. The van der Waals surface area contributed by atoms with E-state index in [9.17, 15) is 0 Å². The molecule has 2 rings (SSSR count). The Morgan fingerprint density at radius 3 is 2.67 bits per heavy atom. The summed E-state index contributed by atoms with van der Waals surface area (Å²) in [6, 6.07) is 6.06. The number of aliphatic hydroxyl groups excluding tert-OH is 1. The molecule has 3 heteroatoms. The molecule has 1 aliphatic heterocycles. The first kappa shape index (κ1) is 10.3. The number of aliphatic hydroxyl groups is 1. The van der Waals surface area contributed by atoms with Crippen LogP contribution < -0.4 is 9.47 Å². The van der Waals surface area contributed by atoms with Gasteiger partial charge in [-0.1, -0.05) is 6.07 Å². The molecule has 1 N–H and O–H groups in total. The van der Waals surface area contributed by atoms with E-state index in [4.69, 9.17) is 14.6 Å². The highest BCUT2D eigenvalue weighted by Gasteiger charge is 2.11. The van der Waals surface area contributed by atoms with Gasteiger partial charge in [-0.05, 0) is 37.0 Å². The van der Waals surface area contributed by atoms with Gasteiger partial charge in [0.25, 0.3) is 0 Å². The van der Waals surface area contributed by atoms with Crippen molar-refractivity contribution in [3.63, 3.8) is 0 Å². The van der Waals surface area contributed by atoms with Gasteiger partial charge in [-0.3, -0.25) is 0 Å². The van der Waals surface area contributed by atoms with Crippen LogP contribution in [-0.2, 0) is 6.42 Å². The fraction of sp³-hybridized carbons (Fsp3) is 0.500. The maximum atomic E-state index is 8.69. The summed E-state index contributed by atoms with van der Waals surface area (Å²) >= 11 is 0. The lowest BCUT2D eigenvalue weighted by atomic mass is 10.1. The summed E-state index contributed by atoms with van der Waals surface area (Å²) in [5, 5.41) is 8.69. The summed E-state index contributed by atoms with van der Waals surface area (Å²) in [7, 11) is 0. The van der Waals surface area contributed by atoms with Crippen LogP contribution in [0.15, 0.2) is 18.2 Å². The molecule has 0 radical (unpaired) electrons. The second kappa shape index (κ2) is 5.03. The highest BCUT2D eigenvalue weighted by molar-refractivity contribution is 5.43. The van der Waals surface area contributed by atoms with Crippen molar-refractivity contribution in [1.29, 1.82) is 0 Å². The molecular weight excluding hydrogens is 192 g/mol. The number of ether oxygens (including phenoxy) is 2. The number of aryl methyl sites for hydroxylation is 1. The van der Waals surface area contributed by atoms with Crippen molar-refractivity contribution in [3.05, 3.63) is 23.8 Å². The summed E-state index contributed by atoms with van der Waals surface area (Å²) in [4.78, 5) is 0. The van der Waals surface area contributed by atoms with Gasteiger partial charge in [0.2, 0.25) is 0 Å². The van der Waals surface area contributed by atoms with Gasteiger partial charge >= 0.3 is 0 Å². The van der Waals surface area contributed by atoms with Gasteiger partial charge in [0.05, 0.1) is 0 Å². The minimum absolute atomic E-state index is 0.268. The van der Waals surface area contributed by atoms with Crippen molar-refractivity contribution in [2.24, 2.45) is 0 Å². The fourth-order valence-corrected chi connectivity index (χ4v) is 1.68. The zero-order chi connectivity index (χ0) is 10.5. The Labute approximate surface area is 89.6 Å². The predicted molar refractivity (Wildman–Crippen MR) is 57.5 cm³/mol. The Morgan fingerprint density at radius 1 is 1.07 bits per heavy atom. The first-order chi connectivity index (χ1) is 7.40. The van der Waals surface area contributed by atoms with E-state index >= 15 is 0 Å².